The van der Waals surface area contributed by atoms with Gasteiger partial charge in [0.25, 0.3) is 0 Å². The Balaban J connectivity index is 0.00000576. The van der Waals surface area contributed by atoms with Crippen molar-refractivity contribution in [1.82, 2.24) is 0 Å². The van der Waals surface area contributed by atoms with Crippen LogP contribution in [0.1, 0.15) is 83.1 Å². The van der Waals surface area contributed by atoms with Crippen LogP contribution >= 0.6 is 12.4 Å². The third-order valence-corrected chi connectivity index (χ3v) is 4.36. The molecule has 0 aliphatic carbocycles. The normalized spacial score (nSPS) is 11.7. The number of halogens is 1. The second-order valence-electron chi connectivity index (χ2n) is 6.63. The summed E-state index contributed by atoms with van der Waals surface area (Å²) in [5, 5.41) is 9.04. The van der Waals surface area contributed by atoms with Gasteiger partial charge in [-0.05, 0) is 12.0 Å². The molecule has 0 saturated heterocycles. The zero-order valence-corrected chi connectivity index (χ0v) is 16.4. The van der Waals surface area contributed by atoms with E-state index in [4.69, 9.17) is 9.84 Å². The van der Waals surface area contributed by atoms with E-state index in [0.717, 1.165) is 18.4 Å². The highest BCUT2D eigenvalue weighted by Gasteiger charge is 2.13. The molecule has 0 bridgehead atoms. The molecule has 0 aliphatic rings. The molecule has 0 aromatic heterocycles. The highest BCUT2D eigenvalue weighted by molar-refractivity contribution is 5.85. The Morgan fingerprint density at radius 2 is 1.52 bits per heavy atom. The van der Waals surface area contributed by atoms with Crippen LogP contribution in [0, 0.1) is 0 Å². The smallest absolute Gasteiger partial charge is 0.305 e. The van der Waals surface area contributed by atoms with Crippen LogP contribution in [0.15, 0.2) is 30.3 Å². The molecule has 1 aromatic rings. The number of ether oxygens (including phenoxy) is 1. The van der Waals surface area contributed by atoms with E-state index in [1.165, 1.54) is 51.4 Å². The molecule has 0 spiro atoms. The molecular formula is C21H35ClO3. The molecule has 0 saturated carbocycles. The largest absolute Gasteiger partial charge is 0.481 e. The first kappa shape index (κ1) is 23.9. The van der Waals surface area contributed by atoms with Gasteiger partial charge >= 0.3 is 5.97 Å². The summed E-state index contributed by atoms with van der Waals surface area (Å²) in [7, 11) is 0. The number of carbonyl (C=O) groups is 1. The van der Waals surface area contributed by atoms with Crippen molar-refractivity contribution in [2.24, 2.45) is 0 Å². The van der Waals surface area contributed by atoms with Crippen LogP contribution in [0.5, 0.6) is 0 Å². The highest BCUT2D eigenvalue weighted by Crippen LogP contribution is 2.15. The van der Waals surface area contributed by atoms with E-state index in [2.05, 4.69) is 6.92 Å². The predicted octanol–water partition coefficient (Wildman–Crippen LogP) is 6.39. The van der Waals surface area contributed by atoms with Crippen molar-refractivity contribution in [2.75, 3.05) is 0 Å². The lowest BCUT2D eigenvalue weighted by Gasteiger charge is -2.16. The van der Waals surface area contributed by atoms with Gasteiger partial charge in [-0.25, -0.2) is 0 Å². The summed E-state index contributed by atoms with van der Waals surface area (Å²) < 4.78 is 5.83. The Bertz CT molecular complexity index is 422. The molecule has 0 aliphatic heterocycles. The zero-order valence-electron chi connectivity index (χ0n) is 15.6. The van der Waals surface area contributed by atoms with Gasteiger partial charge in [-0.3, -0.25) is 4.79 Å². The van der Waals surface area contributed by atoms with Gasteiger partial charge in [0, 0.05) is 0 Å². The Morgan fingerprint density at radius 1 is 0.960 bits per heavy atom. The lowest BCUT2D eigenvalue weighted by atomic mass is 10.0. The second kappa shape index (κ2) is 16.4. The third kappa shape index (κ3) is 13.9. The number of carboxylic acids is 1. The van der Waals surface area contributed by atoms with Crippen molar-refractivity contribution < 1.29 is 14.6 Å². The molecule has 3 nitrogen and oxygen atoms in total. The fraction of sp³-hybridized carbons (Fsp3) is 0.667. The SMILES string of the molecule is CCCCCCCCCCC[C@H](CC(=O)O)OCc1ccccc1.Cl. The van der Waals surface area contributed by atoms with E-state index in [-0.39, 0.29) is 24.9 Å². The number of aliphatic carboxylic acids is 1. The standard InChI is InChI=1S/C21H34O3.ClH/c1-2-3-4-5-6-7-8-9-13-16-20(17-21(22)23)24-18-19-14-11-10-12-15-19;/h10-12,14-15,20H,2-9,13,16-18H2,1H3,(H,22,23);1H/t20-;/m1./s1. The van der Waals surface area contributed by atoms with E-state index >= 15 is 0 Å². The summed E-state index contributed by atoms with van der Waals surface area (Å²) in [6, 6.07) is 9.95. The van der Waals surface area contributed by atoms with Gasteiger partial charge in [0.15, 0.2) is 0 Å². The van der Waals surface area contributed by atoms with E-state index in [9.17, 15) is 4.79 Å². The average molecular weight is 371 g/mol. The van der Waals surface area contributed by atoms with Crippen LogP contribution in [0.25, 0.3) is 0 Å². The average Bonchev–Trinajstić information content (AvgIpc) is 2.58. The van der Waals surface area contributed by atoms with E-state index < -0.39 is 5.97 Å². The molecule has 0 fully saturated rings. The first-order valence-corrected chi connectivity index (χ1v) is 9.59. The van der Waals surface area contributed by atoms with Crippen LogP contribution < -0.4 is 0 Å². The van der Waals surface area contributed by atoms with Crippen molar-refractivity contribution in [2.45, 2.75) is 90.3 Å². The molecular weight excluding hydrogens is 336 g/mol. The van der Waals surface area contributed by atoms with E-state index in [0.29, 0.717) is 6.61 Å². The Kier molecular flexibility index (Phi) is 15.7. The number of benzene rings is 1. The van der Waals surface area contributed by atoms with Crippen molar-refractivity contribution in [1.29, 1.82) is 0 Å². The zero-order chi connectivity index (χ0) is 17.5. The maximum atomic E-state index is 11.0. The minimum absolute atomic E-state index is 0. The molecule has 1 atom stereocenters. The maximum absolute atomic E-state index is 11.0. The van der Waals surface area contributed by atoms with Gasteiger partial charge in [0.1, 0.15) is 0 Å². The van der Waals surface area contributed by atoms with Crippen LogP contribution in [0.2, 0.25) is 0 Å². The Morgan fingerprint density at radius 3 is 2.08 bits per heavy atom. The second-order valence-corrected chi connectivity index (χ2v) is 6.63. The Labute approximate surface area is 159 Å². The first-order chi connectivity index (χ1) is 11.7. The summed E-state index contributed by atoms with van der Waals surface area (Å²) in [4.78, 5) is 11.0. The number of rotatable bonds is 15. The van der Waals surface area contributed by atoms with Gasteiger partial charge in [0.2, 0.25) is 0 Å². The summed E-state index contributed by atoms with van der Waals surface area (Å²) in [6.45, 7) is 2.74. The molecule has 0 amide bonds. The molecule has 1 aromatic carbocycles. The van der Waals surface area contributed by atoms with Crippen molar-refractivity contribution in [3.63, 3.8) is 0 Å². The molecule has 0 unspecified atom stereocenters. The fourth-order valence-corrected chi connectivity index (χ4v) is 2.91. The van der Waals surface area contributed by atoms with Crippen LogP contribution in [0.4, 0.5) is 0 Å². The fourth-order valence-electron chi connectivity index (χ4n) is 2.91. The minimum atomic E-state index is -0.774. The van der Waals surface area contributed by atoms with Gasteiger partial charge in [-0.2, -0.15) is 0 Å². The monoisotopic (exact) mass is 370 g/mol. The third-order valence-electron chi connectivity index (χ3n) is 4.36. The van der Waals surface area contributed by atoms with Crippen LogP contribution in [-0.4, -0.2) is 17.2 Å². The minimum Gasteiger partial charge on any atom is -0.481 e. The van der Waals surface area contributed by atoms with Crippen molar-refractivity contribution in [3.05, 3.63) is 35.9 Å². The Hall–Kier alpha value is -1.06. The van der Waals surface area contributed by atoms with E-state index in [1.54, 1.807) is 0 Å². The number of hydrogen-bond acceptors (Lipinski definition) is 2. The quantitative estimate of drug-likeness (QED) is 0.364. The number of carboxylic acid groups (broad SMARTS) is 1. The van der Waals surface area contributed by atoms with Crippen molar-refractivity contribution in [3.8, 4) is 0 Å². The first-order valence-electron chi connectivity index (χ1n) is 9.59. The van der Waals surface area contributed by atoms with Gasteiger partial charge < -0.3 is 9.84 Å². The molecule has 0 radical (unpaired) electrons. The van der Waals surface area contributed by atoms with Gasteiger partial charge in [-0.15, -0.1) is 12.4 Å². The lowest BCUT2D eigenvalue weighted by Crippen LogP contribution is -2.17. The molecule has 1 rings (SSSR count). The van der Waals surface area contributed by atoms with Crippen molar-refractivity contribution >= 4 is 18.4 Å². The molecule has 1 N–H and O–H groups in total. The summed E-state index contributed by atoms with van der Waals surface area (Å²) >= 11 is 0. The number of hydrogen-bond donors (Lipinski definition) is 1. The lowest BCUT2D eigenvalue weighted by molar-refractivity contribution is -0.140. The molecule has 144 valence electrons. The van der Waals surface area contributed by atoms with Crippen LogP contribution in [0.3, 0.4) is 0 Å². The van der Waals surface area contributed by atoms with Crippen LogP contribution in [-0.2, 0) is 16.1 Å². The predicted molar refractivity (Wildman–Crippen MR) is 106 cm³/mol. The number of unbranched alkanes of at least 4 members (excludes halogenated alkanes) is 8. The molecule has 4 heteroatoms. The van der Waals surface area contributed by atoms with E-state index in [1.807, 2.05) is 30.3 Å². The van der Waals surface area contributed by atoms with Gasteiger partial charge in [0.05, 0.1) is 19.1 Å². The molecule has 0 heterocycles. The maximum Gasteiger partial charge on any atom is 0.305 e. The summed E-state index contributed by atoms with van der Waals surface area (Å²) in [6.07, 6.45) is 12.3. The molecule has 25 heavy (non-hydrogen) atoms. The summed E-state index contributed by atoms with van der Waals surface area (Å²) in [5.41, 5.74) is 1.10. The summed E-state index contributed by atoms with van der Waals surface area (Å²) in [5.74, 6) is -0.774. The topological polar surface area (TPSA) is 46.5 Å². The highest BCUT2D eigenvalue weighted by atomic mass is 35.5. The van der Waals surface area contributed by atoms with Gasteiger partial charge in [-0.1, -0.05) is 95.0 Å².